The maximum atomic E-state index is 12.6. The molecule has 0 aromatic rings. The Morgan fingerprint density at radius 2 is 1.88 bits per heavy atom. The van der Waals surface area contributed by atoms with Gasteiger partial charge in [-0.25, -0.2) is 0 Å². The molecule has 3 N–H and O–H groups in total. The van der Waals surface area contributed by atoms with Crippen LogP contribution in [0.4, 0.5) is 0 Å². The summed E-state index contributed by atoms with van der Waals surface area (Å²) in [5.41, 5.74) is 5.61. The van der Waals surface area contributed by atoms with Gasteiger partial charge in [0, 0.05) is 32.2 Å². The first-order valence-corrected chi connectivity index (χ1v) is 9.40. The quantitative estimate of drug-likeness (QED) is 0.687. The van der Waals surface area contributed by atoms with Gasteiger partial charge >= 0.3 is 0 Å². The van der Waals surface area contributed by atoms with Crippen molar-refractivity contribution in [2.24, 2.45) is 11.7 Å². The zero-order chi connectivity index (χ0) is 17.6. The van der Waals surface area contributed by atoms with E-state index in [1.807, 2.05) is 18.7 Å². The molecule has 0 spiro atoms. The number of hydrogen-bond donors (Lipinski definition) is 2. The number of rotatable bonds is 7. The molecule has 0 unspecified atom stereocenters. The van der Waals surface area contributed by atoms with Crippen LogP contribution in [0, 0.1) is 5.92 Å². The summed E-state index contributed by atoms with van der Waals surface area (Å²) in [5.74, 6) is 0.206. The Labute approximate surface area is 145 Å². The van der Waals surface area contributed by atoms with Gasteiger partial charge in [-0.05, 0) is 46.0 Å². The molecule has 2 amide bonds. The van der Waals surface area contributed by atoms with E-state index in [1.54, 1.807) is 0 Å². The van der Waals surface area contributed by atoms with Crippen molar-refractivity contribution in [1.29, 1.82) is 0 Å². The summed E-state index contributed by atoms with van der Waals surface area (Å²) in [4.78, 5) is 26.7. The average molecular weight is 339 g/mol. The fraction of sp³-hybridized carbons (Fsp3) is 0.889. The number of nitrogens with two attached hydrogens (primary N) is 1. The van der Waals surface area contributed by atoms with Crippen LogP contribution >= 0.6 is 0 Å². The Morgan fingerprint density at radius 3 is 2.46 bits per heavy atom. The Hall–Kier alpha value is -1.14. The van der Waals surface area contributed by atoms with Crippen LogP contribution in [-0.4, -0.2) is 54.6 Å². The third kappa shape index (κ3) is 5.18. The van der Waals surface area contributed by atoms with Gasteiger partial charge in [-0.15, -0.1) is 0 Å². The number of carbonyl (C=O) groups is 2. The normalized spacial score (nSPS) is 21.2. The topological polar surface area (TPSA) is 84.7 Å². The average Bonchev–Trinajstić information content (AvgIpc) is 3.01. The highest BCUT2D eigenvalue weighted by Gasteiger charge is 2.41. The van der Waals surface area contributed by atoms with Crippen molar-refractivity contribution in [3.05, 3.63) is 0 Å². The van der Waals surface area contributed by atoms with E-state index in [-0.39, 0.29) is 23.8 Å². The van der Waals surface area contributed by atoms with Gasteiger partial charge in [-0.3, -0.25) is 9.59 Å². The molecule has 1 aliphatic heterocycles. The van der Waals surface area contributed by atoms with E-state index in [1.165, 1.54) is 0 Å². The van der Waals surface area contributed by atoms with Crippen molar-refractivity contribution in [2.45, 2.75) is 70.4 Å². The second-order valence-corrected chi connectivity index (χ2v) is 7.49. The molecule has 1 saturated carbocycles. The molecule has 2 aliphatic rings. The summed E-state index contributed by atoms with van der Waals surface area (Å²) in [6.45, 7) is 6.62. The van der Waals surface area contributed by atoms with Crippen LogP contribution in [-0.2, 0) is 14.3 Å². The molecule has 6 nitrogen and oxygen atoms in total. The minimum atomic E-state index is -0.647. The molecule has 0 radical (unpaired) electrons. The van der Waals surface area contributed by atoms with Crippen LogP contribution in [0.15, 0.2) is 0 Å². The van der Waals surface area contributed by atoms with Gasteiger partial charge in [-0.2, -0.15) is 0 Å². The molecule has 1 heterocycles. The highest BCUT2D eigenvalue weighted by molar-refractivity contribution is 5.87. The van der Waals surface area contributed by atoms with E-state index in [0.29, 0.717) is 26.2 Å². The van der Waals surface area contributed by atoms with Crippen molar-refractivity contribution in [2.75, 3.05) is 26.2 Å². The first-order chi connectivity index (χ1) is 11.4. The number of amides is 2. The van der Waals surface area contributed by atoms with Crippen LogP contribution in [0.3, 0.4) is 0 Å². The maximum absolute atomic E-state index is 12.6. The monoisotopic (exact) mass is 339 g/mol. The van der Waals surface area contributed by atoms with Crippen molar-refractivity contribution >= 4 is 11.8 Å². The molecule has 2 rings (SSSR count). The van der Waals surface area contributed by atoms with Crippen molar-refractivity contribution < 1.29 is 14.3 Å². The molecular formula is C18H33N3O3. The molecule has 1 saturated heterocycles. The van der Waals surface area contributed by atoms with Gasteiger partial charge in [0.2, 0.25) is 11.8 Å². The van der Waals surface area contributed by atoms with Gasteiger partial charge < -0.3 is 20.7 Å². The Bertz CT molecular complexity index is 425. The van der Waals surface area contributed by atoms with Crippen molar-refractivity contribution in [3.8, 4) is 0 Å². The lowest BCUT2D eigenvalue weighted by molar-refractivity contribution is -0.140. The molecule has 0 bridgehead atoms. The number of ether oxygens (including phenoxy) is 1. The lowest BCUT2D eigenvalue weighted by Gasteiger charge is -2.36. The number of nitrogens with zero attached hydrogens (tertiary/aromatic N) is 1. The van der Waals surface area contributed by atoms with Gasteiger partial charge in [0.1, 0.15) is 0 Å². The Kier molecular flexibility index (Phi) is 7.04. The maximum Gasteiger partial charge on any atom is 0.242 e. The lowest BCUT2D eigenvalue weighted by Crippen LogP contribution is -2.55. The molecule has 1 aliphatic carbocycles. The number of piperidine rings is 1. The van der Waals surface area contributed by atoms with Gasteiger partial charge in [-0.1, -0.05) is 12.8 Å². The zero-order valence-electron chi connectivity index (χ0n) is 15.2. The van der Waals surface area contributed by atoms with Crippen LogP contribution in [0.5, 0.6) is 0 Å². The molecular weight excluding hydrogens is 306 g/mol. The first-order valence-electron chi connectivity index (χ1n) is 9.40. The van der Waals surface area contributed by atoms with Crippen molar-refractivity contribution in [1.82, 2.24) is 10.2 Å². The van der Waals surface area contributed by atoms with Crippen LogP contribution in [0.2, 0.25) is 0 Å². The molecule has 0 aromatic carbocycles. The van der Waals surface area contributed by atoms with Crippen LogP contribution < -0.4 is 11.1 Å². The summed E-state index contributed by atoms with van der Waals surface area (Å²) in [6, 6.07) is 0. The standard InChI is InChI=1S/C18H33N3O3/c1-14(2)24-13-5-10-20-16(22)15-6-11-21(12-7-15)17(23)18(19)8-3-4-9-18/h14-15H,3-13,19H2,1-2H3,(H,20,22). The van der Waals surface area contributed by atoms with Gasteiger partial charge in [0.05, 0.1) is 11.6 Å². The minimum absolute atomic E-state index is 0.0115. The van der Waals surface area contributed by atoms with Gasteiger partial charge in [0.25, 0.3) is 0 Å². The predicted octanol–water partition coefficient (Wildman–Crippen LogP) is 1.43. The summed E-state index contributed by atoms with van der Waals surface area (Å²) in [7, 11) is 0. The molecule has 138 valence electrons. The highest BCUT2D eigenvalue weighted by Crippen LogP contribution is 2.30. The smallest absolute Gasteiger partial charge is 0.242 e. The van der Waals surface area contributed by atoms with E-state index in [0.717, 1.165) is 44.9 Å². The molecule has 6 heteroatoms. The SMILES string of the molecule is CC(C)OCCCNC(=O)C1CCN(C(=O)C2(N)CCCC2)CC1. The summed E-state index contributed by atoms with van der Waals surface area (Å²) in [5, 5.41) is 2.99. The van der Waals surface area contributed by atoms with Crippen LogP contribution in [0.25, 0.3) is 0 Å². The Morgan fingerprint density at radius 1 is 1.25 bits per heavy atom. The molecule has 24 heavy (non-hydrogen) atoms. The van der Waals surface area contributed by atoms with E-state index in [2.05, 4.69) is 5.32 Å². The van der Waals surface area contributed by atoms with Crippen molar-refractivity contribution in [3.63, 3.8) is 0 Å². The second-order valence-electron chi connectivity index (χ2n) is 7.49. The highest BCUT2D eigenvalue weighted by atomic mass is 16.5. The largest absolute Gasteiger partial charge is 0.379 e. The number of carbonyl (C=O) groups excluding carboxylic acids is 2. The summed E-state index contributed by atoms with van der Waals surface area (Å²) >= 11 is 0. The number of likely N-dealkylation sites (tertiary alicyclic amines) is 1. The Balaban J connectivity index is 1.66. The molecule has 0 atom stereocenters. The third-order valence-electron chi connectivity index (χ3n) is 5.15. The van der Waals surface area contributed by atoms with E-state index < -0.39 is 5.54 Å². The summed E-state index contributed by atoms with van der Waals surface area (Å²) in [6.07, 6.45) is 6.20. The van der Waals surface area contributed by atoms with E-state index in [4.69, 9.17) is 10.5 Å². The third-order valence-corrected chi connectivity index (χ3v) is 5.15. The molecule has 2 fully saturated rings. The lowest BCUT2D eigenvalue weighted by atomic mass is 9.92. The second kappa shape index (κ2) is 8.81. The van der Waals surface area contributed by atoms with Crippen LogP contribution in [0.1, 0.15) is 58.8 Å². The first kappa shape index (κ1) is 19.2. The minimum Gasteiger partial charge on any atom is -0.379 e. The fourth-order valence-electron chi connectivity index (χ4n) is 3.63. The van der Waals surface area contributed by atoms with E-state index in [9.17, 15) is 9.59 Å². The number of nitrogens with one attached hydrogen (secondary N) is 1. The summed E-state index contributed by atoms with van der Waals surface area (Å²) < 4.78 is 5.46. The van der Waals surface area contributed by atoms with Gasteiger partial charge in [0.15, 0.2) is 0 Å². The predicted molar refractivity (Wildman–Crippen MR) is 93.4 cm³/mol. The van der Waals surface area contributed by atoms with E-state index >= 15 is 0 Å². The molecule has 0 aromatic heterocycles. The zero-order valence-corrected chi connectivity index (χ0v) is 15.2. The fourth-order valence-corrected chi connectivity index (χ4v) is 3.63. The number of hydrogen-bond acceptors (Lipinski definition) is 4.